The van der Waals surface area contributed by atoms with E-state index in [9.17, 15) is 4.79 Å². The molecule has 5 nitrogen and oxygen atoms in total. The minimum Gasteiger partial charge on any atom is -0.484 e. The van der Waals surface area contributed by atoms with Gasteiger partial charge in [-0.3, -0.25) is 14.7 Å². The molecule has 0 fully saturated rings. The number of ether oxygens (including phenoxy) is 1. The number of anilines is 1. The highest BCUT2D eigenvalue weighted by Crippen LogP contribution is 2.33. The van der Waals surface area contributed by atoms with Crippen LogP contribution in [-0.2, 0) is 11.3 Å². The average Bonchev–Trinajstić information content (AvgIpc) is 3.21. The van der Waals surface area contributed by atoms with Crippen LogP contribution >= 0.6 is 11.3 Å². The first-order chi connectivity index (χ1) is 15.4. The van der Waals surface area contributed by atoms with Crippen LogP contribution in [0.5, 0.6) is 5.75 Å². The molecular weight excluding hydrogens is 418 g/mol. The summed E-state index contributed by atoms with van der Waals surface area (Å²) in [6, 6.07) is 17.8. The van der Waals surface area contributed by atoms with E-state index < -0.39 is 0 Å². The number of nitrogens with zero attached hydrogens (tertiary/aromatic N) is 3. The van der Waals surface area contributed by atoms with Gasteiger partial charge in [0.2, 0.25) is 0 Å². The largest absolute Gasteiger partial charge is 0.484 e. The zero-order chi connectivity index (χ0) is 22.7. The number of aryl methyl sites for hydroxylation is 2. The molecule has 4 aromatic rings. The van der Waals surface area contributed by atoms with E-state index in [2.05, 4.69) is 44.8 Å². The van der Waals surface area contributed by atoms with Crippen LogP contribution in [0.2, 0.25) is 0 Å². The first-order valence-corrected chi connectivity index (χ1v) is 11.5. The summed E-state index contributed by atoms with van der Waals surface area (Å²) in [4.78, 5) is 24.1. The molecule has 0 spiro atoms. The topological polar surface area (TPSA) is 55.3 Å². The zero-order valence-electron chi connectivity index (χ0n) is 18.8. The minimum absolute atomic E-state index is 0.0677. The molecule has 2 heterocycles. The summed E-state index contributed by atoms with van der Waals surface area (Å²) in [6.45, 7) is 8.70. The lowest BCUT2D eigenvalue weighted by atomic mass is 10.0. The van der Waals surface area contributed by atoms with Crippen molar-refractivity contribution < 1.29 is 9.53 Å². The van der Waals surface area contributed by atoms with Gasteiger partial charge in [0.25, 0.3) is 5.91 Å². The lowest BCUT2D eigenvalue weighted by molar-refractivity contribution is -0.120. The van der Waals surface area contributed by atoms with E-state index >= 15 is 0 Å². The monoisotopic (exact) mass is 445 g/mol. The van der Waals surface area contributed by atoms with Gasteiger partial charge in [-0.2, -0.15) is 0 Å². The second-order valence-electron chi connectivity index (χ2n) is 8.24. The molecule has 164 valence electrons. The molecule has 0 N–H and O–H groups in total. The van der Waals surface area contributed by atoms with E-state index in [-0.39, 0.29) is 12.5 Å². The molecule has 0 saturated carbocycles. The quantitative estimate of drug-likeness (QED) is 0.348. The fraction of sp³-hybridized carbons (Fsp3) is 0.269. The van der Waals surface area contributed by atoms with Crippen LogP contribution in [0.4, 0.5) is 5.13 Å². The first-order valence-electron chi connectivity index (χ1n) is 10.7. The van der Waals surface area contributed by atoms with Gasteiger partial charge in [0.15, 0.2) is 11.7 Å². The molecule has 1 amide bonds. The van der Waals surface area contributed by atoms with E-state index in [0.717, 1.165) is 27.0 Å². The normalized spacial score (nSPS) is 11.2. The number of amides is 1. The molecule has 0 saturated heterocycles. The van der Waals surface area contributed by atoms with Gasteiger partial charge in [0, 0.05) is 6.20 Å². The van der Waals surface area contributed by atoms with Crippen LogP contribution in [0.15, 0.2) is 60.8 Å². The Morgan fingerprint density at radius 2 is 1.88 bits per heavy atom. The third-order valence-electron chi connectivity index (χ3n) is 5.30. The number of carbonyl (C=O) groups excluding carboxylic acids is 1. The minimum atomic E-state index is -0.156. The van der Waals surface area contributed by atoms with Gasteiger partial charge in [-0.1, -0.05) is 49.4 Å². The molecule has 0 bridgehead atoms. The van der Waals surface area contributed by atoms with Gasteiger partial charge in [0.05, 0.1) is 22.5 Å². The molecule has 2 aromatic carbocycles. The summed E-state index contributed by atoms with van der Waals surface area (Å²) >= 11 is 1.53. The maximum atomic E-state index is 13.3. The Labute approximate surface area is 192 Å². The predicted octanol–water partition coefficient (Wildman–Crippen LogP) is 6.04. The van der Waals surface area contributed by atoms with E-state index in [0.29, 0.717) is 23.3 Å². The number of thiazole rings is 1. The van der Waals surface area contributed by atoms with Gasteiger partial charge in [0.1, 0.15) is 5.75 Å². The molecule has 0 radical (unpaired) electrons. The van der Waals surface area contributed by atoms with Crippen molar-refractivity contribution in [2.24, 2.45) is 0 Å². The summed E-state index contributed by atoms with van der Waals surface area (Å²) in [7, 11) is 0. The molecular formula is C26H27N3O2S. The molecule has 6 heteroatoms. The van der Waals surface area contributed by atoms with Crippen LogP contribution in [0, 0.1) is 13.8 Å². The zero-order valence-corrected chi connectivity index (χ0v) is 19.6. The Morgan fingerprint density at radius 3 is 2.56 bits per heavy atom. The third-order valence-corrected chi connectivity index (χ3v) is 6.53. The fourth-order valence-electron chi connectivity index (χ4n) is 3.57. The van der Waals surface area contributed by atoms with Crippen molar-refractivity contribution in [2.45, 2.75) is 40.2 Å². The molecule has 32 heavy (non-hydrogen) atoms. The first kappa shape index (κ1) is 22.0. The van der Waals surface area contributed by atoms with E-state index in [1.54, 1.807) is 11.1 Å². The highest BCUT2D eigenvalue weighted by molar-refractivity contribution is 7.22. The van der Waals surface area contributed by atoms with Crippen LogP contribution in [-0.4, -0.2) is 22.5 Å². The summed E-state index contributed by atoms with van der Waals surface area (Å²) in [5, 5.41) is 0.656. The number of aromatic nitrogens is 2. The highest BCUT2D eigenvalue weighted by Gasteiger charge is 2.22. The Bertz CT molecular complexity index is 1220. The van der Waals surface area contributed by atoms with Gasteiger partial charge in [-0.15, -0.1) is 0 Å². The number of hydrogen-bond acceptors (Lipinski definition) is 5. The van der Waals surface area contributed by atoms with Crippen molar-refractivity contribution in [2.75, 3.05) is 11.5 Å². The second kappa shape index (κ2) is 9.49. The third kappa shape index (κ3) is 4.97. The standard InChI is InChI=1S/C26H27N3O2S/c1-17(2)20-8-10-22(11-9-20)31-16-24(30)29(15-21-7-5-6-12-27-21)26-28-23-14-18(3)13-19(4)25(23)32-26/h5-14,17H,15-16H2,1-4H3. The number of benzene rings is 2. The number of hydrogen-bond donors (Lipinski definition) is 0. The molecule has 4 rings (SSSR count). The lowest BCUT2D eigenvalue weighted by Crippen LogP contribution is -2.34. The number of pyridine rings is 1. The maximum Gasteiger partial charge on any atom is 0.267 e. The van der Waals surface area contributed by atoms with Crippen LogP contribution in [0.1, 0.15) is 42.1 Å². The maximum absolute atomic E-state index is 13.3. The van der Waals surface area contributed by atoms with Crippen LogP contribution in [0.3, 0.4) is 0 Å². The summed E-state index contributed by atoms with van der Waals surface area (Å²) in [5.41, 5.74) is 5.26. The highest BCUT2D eigenvalue weighted by atomic mass is 32.1. The number of carbonyl (C=O) groups is 1. The number of rotatable bonds is 7. The van der Waals surface area contributed by atoms with E-state index in [1.807, 2.05) is 42.5 Å². The molecule has 0 unspecified atom stereocenters. The second-order valence-corrected chi connectivity index (χ2v) is 9.22. The fourth-order valence-corrected chi connectivity index (χ4v) is 4.60. The van der Waals surface area contributed by atoms with Crippen LogP contribution < -0.4 is 9.64 Å². The average molecular weight is 446 g/mol. The van der Waals surface area contributed by atoms with E-state index in [1.165, 1.54) is 16.9 Å². The predicted molar refractivity (Wildman–Crippen MR) is 131 cm³/mol. The van der Waals surface area contributed by atoms with Crippen molar-refractivity contribution in [1.29, 1.82) is 0 Å². The van der Waals surface area contributed by atoms with Crippen molar-refractivity contribution in [1.82, 2.24) is 9.97 Å². The van der Waals surface area contributed by atoms with Gasteiger partial charge in [-0.25, -0.2) is 4.98 Å². The molecule has 0 atom stereocenters. The molecule has 2 aromatic heterocycles. The van der Waals surface area contributed by atoms with Gasteiger partial charge in [-0.05, 0) is 66.8 Å². The number of fused-ring (bicyclic) bond motifs is 1. The van der Waals surface area contributed by atoms with Crippen molar-refractivity contribution in [3.8, 4) is 5.75 Å². The summed E-state index contributed by atoms with van der Waals surface area (Å²) in [6.07, 6.45) is 1.73. The van der Waals surface area contributed by atoms with Crippen molar-refractivity contribution in [3.05, 3.63) is 83.2 Å². The molecule has 0 aliphatic carbocycles. The van der Waals surface area contributed by atoms with E-state index in [4.69, 9.17) is 9.72 Å². The summed E-state index contributed by atoms with van der Waals surface area (Å²) in [5.74, 6) is 0.971. The molecule has 0 aliphatic heterocycles. The summed E-state index contributed by atoms with van der Waals surface area (Å²) < 4.78 is 6.92. The smallest absolute Gasteiger partial charge is 0.267 e. The lowest BCUT2D eigenvalue weighted by Gasteiger charge is -2.20. The van der Waals surface area contributed by atoms with Crippen LogP contribution in [0.25, 0.3) is 10.2 Å². The Hall–Kier alpha value is -3.25. The van der Waals surface area contributed by atoms with Crippen molar-refractivity contribution in [3.63, 3.8) is 0 Å². The Balaban J connectivity index is 1.59. The SMILES string of the molecule is Cc1cc(C)c2sc(N(Cc3ccccn3)C(=O)COc3ccc(C(C)C)cc3)nc2c1. The van der Waals surface area contributed by atoms with Crippen molar-refractivity contribution >= 4 is 32.6 Å². The molecule has 0 aliphatic rings. The van der Waals surface area contributed by atoms with Gasteiger partial charge < -0.3 is 4.74 Å². The Morgan fingerprint density at radius 1 is 1.09 bits per heavy atom. The Kier molecular flexibility index (Phi) is 6.51. The van der Waals surface area contributed by atoms with Gasteiger partial charge >= 0.3 is 0 Å².